The molecule has 0 aliphatic carbocycles. The second-order valence-electron chi connectivity index (χ2n) is 6.20. The van der Waals surface area contributed by atoms with Crippen molar-refractivity contribution >= 4 is 29.3 Å². The van der Waals surface area contributed by atoms with E-state index in [1.54, 1.807) is 38.3 Å². The van der Waals surface area contributed by atoms with Crippen molar-refractivity contribution in [2.45, 2.75) is 32.2 Å². The maximum absolute atomic E-state index is 12.4. The third kappa shape index (κ3) is 7.48. The molecule has 1 unspecified atom stereocenters. The quantitative estimate of drug-likeness (QED) is 0.606. The van der Waals surface area contributed by atoms with Gasteiger partial charge in [-0.05, 0) is 61.7 Å². The molecule has 0 saturated carbocycles. The first-order chi connectivity index (χ1) is 13.5. The minimum Gasteiger partial charge on any atom is -0.497 e. The molecule has 2 amide bonds. The molecule has 2 rings (SSSR count). The number of methoxy groups -OCH3 is 1. The molecule has 0 spiro atoms. The lowest BCUT2D eigenvalue weighted by atomic mass is 10.0. The molecule has 0 heterocycles. The Balaban J connectivity index is 1.99. The highest BCUT2D eigenvalue weighted by Crippen LogP contribution is 2.16. The monoisotopic (exact) mass is 404 g/mol. The van der Waals surface area contributed by atoms with E-state index in [0.29, 0.717) is 30.2 Å². The van der Waals surface area contributed by atoms with E-state index in [1.807, 2.05) is 24.3 Å². The average Bonchev–Trinajstić information content (AvgIpc) is 2.69. The number of carbonyl (C=O) groups excluding carboxylic acids is 2. The van der Waals surface area contributed by atoms with Gasteiger partial charge in [-0.25, -0.2) is 4.79 Å². The number of amides is 2. The van der Waals surface area contributed by atoms with Crippen LogP contribution in [0.5, 0.6) is 5.75 Å². The van der Waals surface area contributed by atoms with Crippen LogP contribution in [0.1, 0.15) is 25.3 Å². The topological polar surface area (TPSA) is 76.7 Å². The van der Waals surface area contributed by atoms with Crippen LogP contribution in [0.15, 0.2) is 48.5 Å². The Morgan fingerprint density at radius 3 is 2.36 bits per heavy atom. The molecule has 0 bridgehead atoms. The van der Waals surface area contributed by atoms with Crippen molar-refractivity contribution in [1.29, 1.82) is 0 Å². The predicted molar refractivity (Wildman–Crippen MR) is 110 cm³/mol. The molecule has 0 radical (unpaired) electrons. The fraction of sp³-hybridized carbons (Fsp3) is 0.333. The molecular weight excluding hydrogens is 380 g/mol. The van der Waals surface area contributed by atoms with Crippen molar-refractivity contribution in [3.8, 4) is 5.75 Å². The summed E-state index contributed by atoms with van der Waals surface area (Å²) in [4.78, 5) is 24.1. The van der Waals surface area contributed by atoms with Crippen LogP contribution in [0.25, 0.3) is 0 Å². The fourth-order valence-electron chi connectivity index (χ4n) is 2.68. The van der Waals surface area contributed by atoms with Crippen LogP contribution in [0.2, 0.25) is 5.02 Å². The largest absolute Gasteiger partial charge is 0.497 e. The first kappa shape index (κ1) is 21.6. The Kier molecular flexibility index (Phi) is 8.62. The number of carbonyl (C=O) groups is 2. The summed E-state index contributed by atoms with van der Waals surface area (Å²) in [6, 6.07) is 13.9. The van der Waals surface area contributed by atoms with Crippen molar-refractivity contribution in [1.82, 2.24) is 5.32 Å². The molecule has 0 fully saturated rings. The molecular formula is C21H25ClN2O4. The minimum atomic E-state index is -0.343. The highest BCUT2D eigenvalue weighted by Gasteiger charge is 2.16. The van der Waals surface area contributed by atoms with Crippen molar-refractivity contribution in [3.05, 3.63) is 59.1 Å². The van der Waals surface area contributed by atoms with Gasteiger partial charge in [-0.15, -0.1) is 0 Å². The summed E-state index contributed by atoms with van der Waals surface area (Å²) in [6.07, 6.45) is 1.28. The SMILES string of the molecule is CCOC(=O)CCC(Cc1ccc(OC)cc1)NC(=O)Nc1ccc(Cl)cc1. The van der Waals surface area contributed by atoms with Crippen LogP contribution in [0.3, 0.4) is 0 Å². The van der Waals surface area contributed by atoms with E-state index in [-0.39, 0.29) is 24.5 Å². The Morgan fingerprint density at radius 1 is 1.07 bits per heavy atom. The van der Waals surface area contributed by atoms with Crippen LogP contribution in [-0.4, -0.2) is 31.8 Å². The third-order valence-electron chi connectivity index (χ3n) is 4.08. The molecule has 28 heavy (non-hydrogen) atoms. The molecule has 0 aliphatic rings. The van der Waals surface area contributed by atoms with E-state index >= 15 is 0 Å². The lowest BCUT2D eigenvalue weighted by molar-refractivity contribution is -0.143. The number of rotatable bonds is 9. The van der Waals surface area contributed by atoms with E-state index in [4.69, 9.17) is 21.1 Å². The van der Waals surface area contributed by atoms with Gasteiger partial charge in [-0.1, -0.05) is 23.7 Å². The van der Waals surface area contributed by atoms with Crippen molar-refractivity contribution in [3.63, 3.8) is 0 Å². The van der Waals surface area contributed by atoms with Gasteiger partial charge in [0.15, 0.2) is 0 Å². The Bertz CT molecular complexity index is 763. The number of anilines is 1. The summed E-state index contributed by atoms with van der Waals surface area (Å²) in [6.45, 7) is 2.11. The summed E-state index contributed by atoms with van der Waals surface area (Å²) >= 11 is 5.86. The lowest BCUT2D eigenvalue weighted by Gasteiger charge is -2.19. The van der Waals surface area contributed by atoms with Crippen molar-refractivity contribution in [2.75, 3.05) is 19.0 Å². The second kappa shape index (κ2) is 11.2. The van der Waals surface area contributed by atoms with Crippen LogP contribution in [0, 0.1) is 0 Å². The number of hydrogen-bond donors (Lipinski definition) is 2. The molecule has 0 saturated heterocycles. The van der Waals surface area contributed by atoms with Crippen LogP contribution >= 0.6 is 11.6 Å². The number of benzene rings is 2. The molecule has 0 aliphatic heterocycles. The average molecular weight is 405 g/mol. The first-order valence-corrected chi connectivity index (χ1v) is 9.49. The van der Waals surface area contributed by atoms with Gasteiger partial charge < -0.3 is 20.1 Å². The third-order valence-corrected chi connectivity index (χ3v) is 4.33. The maximum Gasteiger partial charge on any atom is 0.319 e. The maximum atomic E-state index is 12.4. The summed E-state index contributed by atoms with van der Waals surface area (Å²) < 4.78 is 10.2. The van der Waals surface area contributed by atoms with Gasteiger partial charge in [0.05, 0.1) is 13.7 Å². The summed E-state index contributed by atoms with van der Waals surface area (Å²) in [5.74, 6) is 0.488. The molecule has 2 aromatic rings. The number of halogens is 1. The van der Waals surface area contributed by atoms with Gasteiger partial charge in [0.1, 0.15) is 5.75 Å². The van der Waals surface area contributed by atoms with Gasteiger partial charge >= 0.3 is 12.0 Å². The zero-order chi connectivity index (χ0) is 20.4. The Labute approximate surface area is 170 Å². The minimum absolute atomic E-state index is 0.231. The zero-order valence-corrected chi connectivity index (χ0v) is 16.8. The zero-order valence-electron chi connectivity index (χ0n) is 16.0. The van der Waals surface area contributed by atoms with Gasteiger partial charge in [-0.3, -0.25) is 4.79 Å². The van der Waals surface area contributed by atoms with Crippen LogP contribution in [-0.2, 0) is 16.0 Å². The Hall–Kier alpha value is -2.73. The second-order valence-corrected chi connectivity index (χ2v) is 6.63. The van der Waals surface area contributed by atoms with Crippen molar-refractivity contribution in [2.24, 2.45) is 0 Å². The number of esters is 1. The van der Waals surface area contributed by atoms with Gasteiger partial charge in [0.2, 0.25) is 0 Å². The van der Waals surface area contributed by atoms with Crippen LogP contribution < -0.4 is 15.4 Å². The van der Waals surface area contributed by atoms with Crippen LogP contribution in [0.4, 0.5) is 10.5 Å². The number of hydrogen-bond acceptors (Lipinski definition) is 4. The lowest BCUT2D eigenvalue weighted by Crippen LogP contribution is -2.39. The van der Waals surface area contributed by atoms with Crippen molar-refractivity contribution < 1.29 is 19.1 Å². The van der Waals surface area contributed by atoms with Gasteiger partial charge in [0, 0.05) is 23.2 Å². The number of ether oxygens (including phenoxy) is 2. The summed E-state index contributed by atoms with van der Waals surface area (Å²) in [7, 11) is 1.61. The normalized spacial score (nSPS) is 11.4. The molecule has 1 atom stereocenters. The Morgan fingerprint density at radius 2 is 1.75 bits per heavy atom. The van der Waals surface area contributed by atoms with E-state index in [2.05, 4.69) is 10.6 Å². The first-order valence-electron chi connectivity index (χ1n) is 9.11. The standard InChI is InChI=1S/C21H25ClN2O4/c1-3-28-20(25)13-10-18(14-15-4-11-19(27-2)12-5-15)24-21(26)23-17-8-6-16(22)7-9-17/h4-9,11-12,18H,3,10,13-14H2,1-2H3,(H2,23,24,26). The van der Waals surface area contributed by atoms with E-state index < -0.39 is 0 Å². The molecule has 7 heteroatoms. The molecule has 6 nitrogen and oxygen atoms in total. The molecule has 2 aromatic carbocycles. The smallest absolute Gasteiger partial charge is 0.319 e. The van der Waals surface area contributed by atoms with Gasteiger partial charge in [-0.2, -0.15) is 0 Å². The summed E-state index contributed by atoms with van der Waals surface area (Å²) in [5, 5.41) is 6.30. The molecule has 2 N–H and O–H groups in total. The molecule has 0 aromatic heterocycles. The number of urea groups is 1. The van der Waals surface area contributed by atoms with E-state index in [9.17, 15) is 9.59 Å². The fourth-order valence-corrected chi connectivity index (χ4v) is 2.81. The summed E-state index contributed by atoms with van der Waals surface area (Å²) in [5.41, 5.74) is 1.66. The highest BCUT2D eigenvalue weighted by molar-refractivity contribution is 6.30. The highest BCUT2D eigenvalue weighted by atomic mass is 35.5. The van der Waals surface area contributed by atoms with E-state index in [0.717, 1.165) is 11.3 Å². The van der Waals surface area contributed by atoms with E-state index in [1.165, 1.54) is 0 Å². The van der Waals surface area contributed by atoms with Gasteiger partial charge in [0.25, 0.3) is 0 Å². The number of nitrogens with one attached hydrogen (secondary N) is 2. The predicted octanol–water partition coefficient (Wildman–Crippen LogP) is 4.42. The molecule has 150 valence electrons.